The Labute approximate surface area is 190 Å². The zero-order valence-electron chi connectivity index (χ0n) is 18.9. The van der Waals surface area contributed by atoms with Gasteiger partial charge in [0, 0.05) is 18.2 Å². The van der Waals surface area contributed by atoms with Crippen LogP contribution in [-0.2, 0) is 13.6 Å². The molecule has 4 aromatic rings. The maximum absolute atomic E-state index is 12.9. The summed E-state index contributed by atoms with van der Waals surface area (Å²) in [5.74, 6) is -0.0606. The third-order valence-electron chi connectivity index (χ3n) is 5.68. The van der Waals surface area contributed by atoms with Crippen LogP contribution in [0.4, 0.5) is 11.8 Å². The lowest BCUT2D eigenvalue weighted by molar-refractivity contribution is -0.389. The van der Waals surface area contributed by atoms with Crippen molar-refractivity contribution >= 4 is 17.7 Å². The quantitative estimate of drug-likeness (QED) is 0.350. The van der Waals surface area contributed by atoms with Crippen molar-refractivity contribution in [1.29, 1.82) is 0 Å². The number of aryl methyl sites for hydroxylation is 3. The van der Waals surface area contributed by atoms with E-state index in [9.17, 15) is 14.9 Å². The number of hydrogen-bond donors (Lipinski definition) is 1. The Bertz CT molecular complexity index is 1370. The fraction of sp³-hybridized carbons (Fsp3) is 0.208. The summed E-state index contributed by atoms with van der Waals surface area (Å²) in [6.45, 7) is 6.54. The van der Waals surface area contributed by atoms with Crippen LogP contribution in [0.2, 0.25) is 0 Å². The van der Waals surface area contributed by atoms with Crippen molar-refractivity contribution in [2.24, 2.45) is 7.05 Å². The maximum atomic E-state index is 12.9. The van der Waals surface area contributed by atoms with E-state index in [-0.39, 0.29) is 11.7 Å². The Morgan fingerprint density at radius 2 is 1.85 bits per heavy atom. The van der Waals surface area contributed by atoms with Crippen LogP contribution >= 0.6 is 0 Å². The SMILES string of the molecule is Cc1cc(C)c(-c2cnc(NC(=O)c3cccc(Cn4ccc([N+](=O)[O-])n4)c3)n2C)cc1C. The number of amides is 1. The number of rotatable bonds is 6. The molecule has 1 N–H and O–H groups in total. The molecular weight excluding hydrogens is 420 g/mol. The molecule has 0 aliphatic carbocycles. The van der Waals surface area contributed by atoms with Crippen molar-refractivity contribution in [2.45, 2.75) is 27.3 Å². The third-order valence-corrected chi connectivity index (χ3v) is 5.68. The average Bonchev–Trinajstić information content (AvgIpc) is 3.38. The van der Waals surface area contributed by atoms with Crippen LogP contribution in [0.25, 0.3) is 11.3 Å². The second kappa shape index (κ2) is 8.70. The Morgan fingerprint density at radius 1 is 1.09 bits per heavy atom. The molecule has 2 aromatic heterocycles. The van der Waals surface area contributed by atoms with Crippen molar-refractivity contribution in [2.75, 3.05) is 5.32 Å². The van der Waals surface area contributed by atoms with E-state index in [2.05, 4.69) is 48.3 Å². The molecule has 0 radical (unpaired) electrons. The molecular formula is C24H24N6O3. The molecule has 0 saturated carbocycles. The fourth-order valence-electron chi connectivity index (χ4n) is 3.72. The van der Waals surface area contributed by atoms with E-state index < -0.39 is 4.92 Å². The minimum atomic E-state index is -0.541. The van der Waals surface area contributed by atoms with Crippen LogP contribution < -0.4 is 5.32 Å². The first-order chi connectivity index (χ1) is 15.7. The topological polar surface area (TPSA) is 108 Å². The minimum Gasteiger partial charge on any atom is -0.358 e. The predicted octanol–water partition coefficient (Wildman–Crippen LogP) is 4.42. The molecule has 4 rings (SSSR count). The van der Waals surface area contributed by atoms with Gasteiger partial charge in [-0.15, -0.1) is 0 Å². The first kappa shape index (κ1) is 21.9. The monoisotopic (exact) mass is 444 g/mol. The highest BCUT2D eigenvalue weighted by atomic mass is 16.6. The third kappa shape index (κ3) is 4.52. The van der Waals surface area contributed by atoms with Crippen LogP contribution in [0.1, 0.15) is 32.6 Å². The summed E-state index contributed by atoms with van der Waals surface area (Å²) >= 11 is 0. The zero-order valence-corrected chi connectivity index (χ0v) is 18.9. The van der Waals surface area contributed by atoms with Crippen LogP contribution in [-0.4, -0.2) is 30.2 Å². The van der Waals surface area contributed by atoms with E-state index in [0.29, 0.717) is 18.1 Å². The Morgan fingerprint density at radius 3 is 2.58 bits per heavy atom. The second-order valence-electron chi connectivity index (χ2n) is 8.06. The molecule has 1 amide bonds. The number of nitrogens with zero attached hydrogens (tertiary/aromatic N) is 5. The highest BCUT2D eigenvalue weighted by molar-refractivity contribution is 6.03. The first-order valence-electron chi connectivity index (χ1n) is 10.4. The minimum absolute atomic E-state index is 0.214. The van der Waals surface area contributed by atoms with E-state index in [1.807, 2.05) is 17.7 Å². The van der Waals surface area contributed by atoms with Gasteiger partial charge in [0.05, 0.1) is 35.8 Å². The van der Waals surface area contributed by atoms with Crippen molar-refractivity contribution in [1.82, 2.24) is 19.3 Å². The molecule has 0 bridgehead atoms. The molecule has 0 aliphatic rings. The van der Waals surface area contributed by atoms with Crippen molar-refractivity contribution in [3.05, 3.63) is 92.8 Å². The van der Waals surface area contributed by atoms with Gasteiger partial charge in [-0.25, -0.2) is 4.98 Å². The number of aromatic nitrogens is 4. The number of carbonyl (C=O) groups excluding carboxylic acids is 1. The molecule has 0 aliphatic heterocycles. The van der Waals surface area contributed by atoms with Gasteiger partial charge in [-0.2, -0.15) is 4.68 Å². The number of imidazole rings is 1. The highest BCUT2D eigenvalue weighted by Crippen LogP contribution is 2.28. The van der Waals surface area contributed by atoms with Gasteiger partial charge in [0.15, 0.2) is 0 Å². The molecule has 9 heteroatoms. The summed E-state index contributed by atoms with van der Waals surface area (Å²) in [4.78, 5) is 27.6. The molecule has 2 heterocycles. The van der Waals surface area contributed by atoms with Crippen LogP contribution in [0.3, 0.4) is 0 Å². The lowest BCUT2D eigenvalue weighted by atomic mass is 9.99. The van der Waals surface area contributed by atoms with Gasteiger partial charge in [-0.05, 0) is 66.1 Å². The van der Waals surface area contributed by atoms with Crippen LogP contribution in [0.5, 0.6) is 0 Å². The van der Waals surface area contributed by atoms with Gasteiger partial charge in [0.2, 0.25) is 5.95 Å². The highest BCUT2D eigenvalue weighted by Gasteiger charge is 2.16. The van der Waals surface area contributed by atoms with Gasteiger partial charge in [0.1, 0.15) is 0 Å². The summed E-state index contributed by atoms with van der Waals surface area (Å²) < 4.78 is 3.33. The van der Waals surface area contributed by atoms with E-state index >= 15 is 0 Å². The van der Waals surface area contributed by atoms with Gasteiger partial charge in [0.25, 0.3) is 5.91 Å². The number of carbonyl (C=O) groups is 1. The molecule has 2 aromatic carbocycles. The summed E-state index contributed by atoms with van der Waals surface area (Å²) in [5, 5.41) is 17.6. The van der Waals surface area contributed by atoms with E-state index in [1.54, 1.807) is 24.4 Å². The average molecular weight is 444 g/mol. The Kier molecular flexibility index (Phi) is 5.78. The Hall–Kier alpha value is -4.27. The number of nitrogens with one attached hydrogen (secondary N) is 1. The smallest absolute Gasteiger partial charge is 0.358 e. The van der Waals surface area contributed by atoms with Crippen molar-refractivity contribution < 1.29 is 9.72 Å². The predicted molar refractivity (Wildman–Crippen MR) is 125 cm³/mol. The largest absolute Gasteiger partial charge is 0.389 e. The molecule has 0 atom stereocenters. The second-order valence-corrected chi connectivity index (χ2v) is 8.06. The maximum Gasteiger partial charge on any atom is 0.389 e. The number of hydrogen-bond acceptors (Lipinski definition) is 5. The number of nitro groups is 1. The summed E-state index contributed by atoms with van der Waals surface area (Å²) in [7, 11) is 1.87. The molecule has 33 heavy (non-hydrogen) atoms. The van der Waals surface area contributed by atoms with E-state index in [1.165, 1.54) is 28.1 Å². The molecule has 168 valence electrons. The first-order valence-corrected chi connectivity index (χ1v) is 10.4. The van der Waals surface area contributed by atoms with Crippen molar-refractivity contribution in [3.63, 3.8) is 0 Å². The van der Waals surface area contributed by atoms with Gasteiger partial charge < -0.3 is 14.7 Å². The van der Waals surface area contributed by atoms with Gasteiger partial charge in [-0.3, -0.25) is 10.1 Å². The standard InChI is InChI=1S/C24H24N6O3/c1-15-10-17(3)20(11-16(15)2)21-13-25-24(28(21)4)26-23(31)19-7-5-6-18(12-19)14-29-9-8-22(27-29)30(32)33/h5-13H,14H2,1-4H3,(H,25,26,31). The van der Waals surface area contributed by atoms with Crippen molar-refractivity contribution in [3.8, 4) is 11.3 Å². The van der Waals surface area contributed by atoms with Gasteiger partial charge >= 0.3 is 5.82 Å². The van der Waals surface area contributed by atoms with E-state index in [4.69, 9.17) is 0 Å². The van der Waals surface area contributed by atoms with Crippen LogP contribution in [0, 0.1) is 30.9 Å². The lowest BCUT2D eigenvalue weighted by Gasteiger charge is -2.12. The fourth-order valence-corrected chi connectivity index (χ4v) is 3.72. The normalized spacial score (nSPS) is 10.9. The molecule has 0 spiro atoms. The summed E-state index contributed by atoms with van der Waals surface area (Å²) in [5.41, 5.74) is 6.82. The van der Waals surface area contributed by atoms with Gasteiger partial charge in [-0.1, -0.05) is 18.2 Å². The summed E-state index contributed by atoms with van der Waals surface area (Å²) in [6, 6.07) is 12.7. The number of benzene rings is 2. The molecule has 0 fully saturated rings. The number of anilines is 1. The zero-order chi connectivity index (χ0) is 23.7. The summed E-state index contributed by atoms with van der Waals surface area (Å²) in [6.07, 6.45) is 3.29. The molecule has 0 saturated heterocycles. The Balaban J connectivity index is 1.53. The lowest BCUT2D eigenvalue weighted by Crippen LogP contribution is -2.15. The van der Waals surface area contributed by atoms with E-state index in [0.717, 1.165) is 22.4 Å². The molecule has 0 unspecified atom stereocenters. The van der Waals surface area contributed by atoms with Crippen LogP contribution in [0.15, 0.2) is 54.9 Å². The molecule has 9 nitrogen and oxygen atoms in total.